The Kier molecular flexibility index (Phi) is 9.76. The fraction of sp³-hybridized carbons (Fsp3) is 0.355. The van der Waals surface area contributed by atoms with Crippen molar-refractivity contribution < 1.29 is 18.0 Å². The summed E-state index contributed by atoms with van der Waals surface area (Å²) in [4.78, 5) is 29.1. The lowest BCUT2D eigenvalue weighted by atomic mass is 10.1. The van der Waals surface area contributed by atoms with Crippen LogP contribution in [0.3, 0.4) is 0 Å². The lowest BCUT2D eigenvalue weighted by Crippen LogP contribution is -2.54. The maximum atomic E-state index is 14.0. The molecule has 206 valence electrons. The van der Waals surface area contributed by atoms with Crippen LogP contribution in [0.2, 0.25) is 0 Å². The molecule has 8 heteroatoms. The van der Waals surface area contributed by atoms with E-state index in [0.717, 1.165) is 35.6 Å². The minimum Gasteiger partial charge on any atom is -0.352 e. The van der Waals surface area contributed by atoms with Crippen LogP contribution in [0.15, 0.2) is 95.9 Å². The second kappa shape index (κ2) is 13.4. The van der Waals surface area contributed by atoms with Crippen LogP contribution in [-0.2, 0) is 26.0 Å². The van der Waals surface area contributed by atoms with Crippen molar-refractivity contribution in [2.45, 2.75) is 62.4 Å². The summed E-state index contributed by atoms with van der Waals surface area (Å²) in [6.45, 7) is 1.77. The van der Waals surface area contributed by atoms with E-state index in [1.807, 2.05) is 37.3 Å². The quantitative estimate of drug-likeness (QED) is 0.353. The van der Waals surface area contributed by atoms with Gasteiger partial charge in [0.25, 0.3) is 10.0 Å². The topological polar surface area (TPSA) is 86.8 Å². The number of nitrogens with zero attached hydrogens (tertiary/aromatic N) is 2. The molecule has 4 rings (SSSR count). The van der Waals surface area contributed by atoms with E-state index < -0.39 is 28.5 Å². The first-order chi connectivity index (χ1) is 18.9. The zero-order valence-corrected chi connectivity index (χ0v) is 23.2. The summed E-state index contributed by atoms with van der Waals surface area (Å²) < 4.78 is 28.6. The predicted molar refractivity (Wildman–Crippen MR) is 154 cm³/mol. The summed E-state index contributed by atoms with van der Waals surface area (Å²) in [6.07, 6.45) is 5.03. The fourth-order valence-corrected chi connectivity index (χ4v) is 6.54. The number of nitrogens with one attached hydrogen (secondary N) is 1. The Bertz CT molecular complexity index is 1310. The number of amides is 2. The van der Waals surface area contributed by atoms with E-state index in [2.05, 4.69) is 5.32 Å². The zero-order chi connectivity index (χ0) is 27.7. The molecule has 0 heterocycles. The highest BCUT2D eigenvalue weighted by Gasteiger charge is 2.34. The van der Waals surface area contributed by atoms with Crippen LogP contribution < -0.4 is 9.62 Å². The number of hydrogen-bond acceptors (Lipinski definition) is 4. The van der Waals surface area contributed by atoms with Crippen LogP contribution in [0, 0.1) is 0 Å². The van der Waals surface area contributed by atoms with Crippen molar-refractivity contribution in [2.75, 3.05) is 17.4 Å². The van der Waals surface area contributed by atoms with Crippen molar-refractivity contribution in [1.82, 2.24) is 10.2 Å². The first-order valence-corrected chi connectivity index (χ1v) is 15.1. The third-order valence-corrected chi connectivity index (χ3v) is 9.01. The maximum absolute atomic E-state index is 14.0. The van der Waals surface area contributed by atoms with Crippen molar-refractivity contribution in [3.8, 4) is 0 Å². The Hall–Kier alpha value is -3.65. The molecule has 1 aliphatic rings. The first-order valence-electron chi connectivity index (χ1n) is 13.7. The predicted octanol–water partition coefficient (Wildman–Crippen LogP) is 4.79. The Balaban J connectivity index is 1.64. The highest BCUT2D eigenvalue weighted by molar-refractivity contribution is 7.92. The molecule has 0 radical (unpaired) electrons. The normalized spacial score (nSPS) is 14.5. The summed E-state index contributed by atoms with van der Waals surface area (Å²) >= 11 is 0. The minimum atomic E-state index is -4.04. The second-order valence-corrected chi connectivity index (χ2v) is 11.8. The van der Waals surface area contributed by atoms with Gasteiger partial charge in [-0.2, -0.15) is 0 Å². The third kappa shape index (κ3) is 7.26. The molecule has 1 saturated carbocycles. The molecular weight excluding hydrogens is 510 g/mol. The van der Waals surface area contributed by atoms with Gasteiger partial charge in [-0.25, -0.2) is 8.42 Å². The standard InChI is InChI=1S/C31H37N3O4S/c1-2-29(31(36)32-26-16-12-13-17-26)33(23-22-25-14-6-3-7-15-25)30(35)24-34(27-18-8-4-9-19-27)39(37,38)28-20-10-5-11-21-28/h3-11,14-15,18-21,26,29H,2,12-13,16-17,22-24H2,1H3,(H,32,36)/t29-/m1/s1. The maximum Gasteiger partial charge on any atom is 0.264 e. The molecule has 2 amide bonds. The van der Waals surface area contributed by atoms with Crippen LogP contribution in [0.1, 0.15) is 44.6 Å². The zero-order valence-electron chi connectivity index (χ0n) is 22.4. The van der Waals surface area contributed by atoms with E-state index in [1.165, 1.54) is 12.1 Å². The molecule has 0 aromatic heterocycles. The van der Waals surface area contributed by atoms with Crippen molar-refractivity contribution in [3.63, 3.8) is 0 Å². The number of para-hydroxylation sites is 1. The molecule has 1 atom stereocenters. The molecule has 1 fully saturated rings. The number of anilines is 1. The highest BCUT2D eigenvalue weighted by Crippen LogP contribution is 2.24. The van der Waals surface area contributed by atoms with Gasteiger partial charge in [0.2, 0.25) is 11.8 Å². The monoisotopic (exact) mass is 547 g/mol. The van der Waals surface area contributed by atoms with Gasteiger partial charge in [-0.1, -0.05) is 86.5 Å². The highest BCUT2D eigenvalue weighted by atomic mass is 32.2. The Morgan fingerprint density at radius 1 is 0.872 bits per heavy atom. The minimum absolute atomic E-state index is 0.100. The molecule has 7 nitrogen and oxygen atoms in total. The number of carbonyl (C=O) groups excluding carboxylic acids is 2. The molecule has 39 heavy (non-hydrogen) atoms. The number of sulfonamides is 1. The fourth-order valence-electron chi connectivity index (χ4n) is 5.11. The molecule has 0 spiro atoms. The molecule has 0 bridgehead atoms. The van der Waals surface area contributed by atoms with Gasteiger partial charge in [0, 0.05) is 12.6 Å². The van der Waals surface area contributed by atoms with Gasteiger partial charge >= 0.3 is 0 Å². The molecule has 3 aromatic carbocycles. The van der Waals surface area contributed by atoms with Crippen LogP contribution >= 0.6 is 0 Å². The van der Waals surface area contributed by atoms with Gasteiger partial charge in [0.1, 0.15) is 12.6 Å². The van der Waals surface area contributed by atoms with Crippen LogP contribution in [0.5, 0.6) is 0 Å². The van der Waals surface area contributed by atoms with Crippen molar-refractivity contribution >= 4 is 27.5 Å². The van der Waals surface area contributed by atoms with Crippen LogP contribution in [0.4, 0.5) is 5.69 Å². The summed E-state index contributed by atoms with van der Waals surface area (Å²) in [6, 6.07) is 25.9. The molecular formula is C31H37N3O4S. The van der Waals surface area contributed by atoms with Crippen LogP contribution in [-0.4, -0.2) is 50.3 Å². The van der Waals surface area contributed by atoms with Crippen molar-refractivity contribution in [1.29, 1.82) is 0 Å². The number of hydrogen-bond donors (Lipinski definition) is 1. The average Bonchev–Trinajstić information content (AvgIpc) is 3.48. The van der Waals surface area contributed by atoms with Gasteiger partial charge in [0.15, 0.2) is 0 Å². The molecule has 0 unspecified atom stereocenters. The second-order valence-electron chi connectivity index (χ2n) is 9.90. The Morgan fingerprint density at radius 2 is 1.44 bits per heavy atom. The number of benzene rings is 3. The summed E-state index contributed by atoms with van der Waals surface area (Å²) in [5, 5.41) is 3.14. The van der Waals surface area contributed by atoms with Crippen molar-refractivity contribution in [2.24, 2.45) is 0 Å². The van der Waals surface area contributed by atoms with E-state index in [4.69, 9.17) is 0 Å². The average molecular weight is 548 g/mol. The molecule has 0 saturated heterocycles. The van der Waals surface area contributed by atoms with E-state index in [1.54, 1.807) is 53.4 Å². The van der Waals surface area contributed by atoms with Crippen molar-refractivity contribution in [3.05, 3.63) is 96.6 Å². The number of carbonyl (C=O) groups is 2. The summed E-state index contributed by atoms with van der Waals surface area (Å²) in [5.41, 5.74) is 1.43. The first kappa shape index (κ1) is 28.4. The Morgan fingerprint density at radius 3 is 2.03 bits per heavy atom. The van der Waals surface area contributed by atoms with E-state index in [-0.39, 0.29) is 16.8 Å². The van der Waals surface area contributed by atoms with E-state index in [0.29, 0.717) is 25.1 Å². The molecule has 3 aromatic rings. The van der Waals surface area contributed by atoms with Crippen LogP contribution in [0.25, 0.3) is 0 Å². The van der Waals surface area contributed by atoms with Gasteiger partial charge in [0.05, 0.1) is 10.6 Å². The van der Waals surface area contributed by atoms with E-state index >= 15 is 0 Å². The largest absolute Gasteiger partial charge is 0.352 e. The molecule has 1 N–H and O–H groups in total. The lowest BCUT2D eigenvalue weighted by molar-refractivity contribution is -0.139. The van der Waals surface area contributed by atoms with E-state index in [9.17, 15) is 18.0 Å². The van der Waals surface area contributed by atoms with Gasteiger partial charge in [-0.05, 0) is 55.5 Å². The summed E-state index contributed by atoms with van der Waals surface area (Å²) in [5.74, 6) is -0.592. The molecule has 0 aliphatic heterocycles. The molecule has 1 aliphatic carbocycles. The van der Waals surface area contributed by atoms with Gasteiger partial charge in [-0.3, -0.25) is 13.9 Å². The summed E-state index contributed by atoms with van der Waals surface area (Å²) in [7, 11) is -4.04. The SMILES string of the molecule is CC[C@H](C(=O)NC1CCCC1)N(CCc1ccccc1)C(=O)CN(c1ccccc1)S(=O)(=O)c1ccccc1. The number of rotatable bonds is 12. The Labute approximate surface area is 231 Å². The third-order valence-electron chi connectivity index (χ3n) is 7.23. The van der Waals surface area contributed by atoms with Gasteiger partial charge in [-0.15, -0.1) is 0 Å². The van der Waals surface area contributed by atoms with Gasteiger partial charge < -0.3 is 10.2 Å². The lowest BCUT2D eigenvalue weighted by Gasteiger charge is -2.33. The smallest absolute Gasteiger partial charge is 0.264 e.